The Morgan fingerprint density at radius 2 is 1.97 bits per heavy atom. The van der Waals surface area contributed by atoms with Crippen LogP contribution >= 0.6 is 11.6 Å². The highest BCUT2D eigenvalue weighted by molar-refractivity contribution is 6.22. The summed E-state index contributed by atoms with van der Waals surface area (Å²) in [6, 6.07) is 9.70. The number of pyridine rings is 1. The van der Waals surface area contributed by atoms with Gasteiger partial charge in [-0.1, -0.05) is 24.3 Å². The SMILES string of the molecule is O=C(C(O)c1ccccc1F)N1CCN(c2ccc(-c3nc4c([nH]3)CC(Cl)C=C4)cn2)CC1. The fourth-order valence-corrected chi connectivity index (χ4v) is 4.41. The lowest BCUT2D eigenvalue weighted by Crippen LogP contribution is -2.50. The highest BCUT2D eigenvalue weighted by Crippen LogP contribution is 2.26. The number of alkyl halides is 1. The van der Waals surface area contributed by atoms with Crippen LogP contribution in [-0.2, 0) is 11.2 Å². The third-order valence-electron chi connectivity index (χ3n) is 6.04. The van der Waals surface area contributed by atoms with Gasteiger partial charge < -0.3 is 19.9 Å². The van der Waals surface area contributed by atoms with Crippen molar-refractivity contribution in [3.8, 4) is 11.4 Å². The molecule has 3 heterocycles. The first-order valence-corrected chi connectivity index (χ1v) is 11.3. The highest BCUT2D eigenvalue weighted by atomic mass is 35.5. The summed E-state index contributed by atoms with van der Waals surface area (Å²) in [7, 11) is 0. The molecule has 1 aromatic carbocycles. The van der Waals surface area contributed by atoms with Crippen LogP contribution in [0.5, 0.6) is 0 Å². The first kappa shape index (κ1) is 21.6. The number of fused-ring (bicyclic) bond motifs is 1. The third kappa shape index (κ3) is 4.36. The van der Waals surface area contributed by atoms with Gasteiger partial charge in [-0.05, 0) is 24.3 Å². The van der Waals surface area contributed by atoms with Gasteiger partial charge in [-0.3, -0.25) is 4.79 Å². The number of H-pyrrole nitrogens is 1. The average Bonchev–Trinajstić information content (AvgIpc) is 3.27. The van der Waals surface area contributed by atoms with Gasteiger partial charge in [0.25, 0.3) is 5.91 Å². The number of amides is 1. The van der Waals surface area contributed by atoms with Crippen molar-refractivity contribution in [3.63, 3.8) is 0 Å². The van der Waals surface area contributed by atoms with Crippen LogP contribution in [0.15, 0.2) is 48.7 Å². The van der Waals surface area contributed by atoms with E-state index < -0.39 is 17.8 Å². The maximum Gasteiger partial charge on any atom is 0.256 e. The van der Waals surface area contributed by atoms with Crippen molar-refractivity contribution < 1.29 is 14.3 Å². The number of aliphatic hydroxyl groups excluding tert-OH is 1. The van der Waals surface area contributed by atoms with Crippen molar-refractivity contribution >= 4 is 29.4 Å². The summed E-state index contributed by atoms with van der Waals surface area (Å²) in [5.74, 6) is 0.486. The van der Waals surface area contributed by atoms with Crippen LogP contribution in [-0.4, -0.2) is 62.4 Å². The number of allylic oxidation sites excluding steroid dienone is 1. The lowest BCUT2D eigenvalue weighted by molar-refractivity contribution is -0.141. The van der Waals surface area contributed by atoms with Gasteiger partial charge in [-0.15, -0.1) is 11.6 Å². The minimum atomic E-state index is -1.50. The molecule has 1 aliphatic carbocycles. The molecule has 0 radical (unpaired) electrons. The molecule has 1 aliphatic heterocycles. The first-order valence-electron chi connectivity index (χ1n) is 10.8. The van der Waals surface area contributed by atoms with Gasteiger partial charge in [0.15, 0.2) is 6.10 Å². The second kappa shape index (κ2) is 8.96. The molecule has 33 heavy (non-hydrogen) atoms. The van der Waals surface area contributed by atoms with E-state index in [0.717, 1.165) is 35.0 Å². The quantitative estimate of drug-likeness (QED) is 0.576. The maximum absolute atomic E-state index is 13.9. The molecule has 2 atom stereocenters. The molecule has 3 aromatic rings. The molecule has 0 bridgehead atoms. The first-order chi connectivity index (χ1) is 16.0. The Balaban J connectivity index is 1.21. The Hall–Kier alpha value is -3.23. The number of nitrogens with one attached hydrogen (secondary N) is 1. The van der Waals surface area contributed by atoms with Crippen molar-refractivity contribution in [1.29, 1.82) is 0 Å². The van der Waals surface area contributed by atoms with Crippen molar-refractivity contribution in [3.05, 3.63) is 71.4 Å². The molecule has 0 spiro atoms. The molecule has 1 saturated heterocycles. The van der Waals surface area contributed by atoms with Crippen LogP contribution in [0.4, 0.5) is 10.2 Å². The van der Waals surface area contributed by atoms with Crippen molar-refractivity contribution in [2.24, 2.45) is 0 Å². The van der Waals surface area contributed by atoms with Crippen LogP contribution in [0.3, 0.4) is 0 Å². The molecule has 1 amide bonds. The number of anilines is 1. The van der Waals surface area contributed by atoms with Crippen LogP contribution < -0.4 is 4.90 Å². The number of hydrogen-bond donors (Lipinski definition) is 2. The van der Waals surface area contributed by atoms with E-state index in [1.165, 1.54) is 18.2 Å². The van der Waals surface area contributed by atoms with E-state index in [1.807, 2.05) is 24.3 Å². The lowest BCUT2D eigenvalue weighted by atomic mass is 10.1. The number of halogens is 2. The van der Waals surface area contributed by atoms with E-state index in [2.05, 4.69) is 19.9 Å². The molecule has 0 saturated carbocycles. The van der Waals surface area contributed by atoms with Gasteiger partial charge in [-0.2, -0.15) is 0 Å². The van der Waals surface area contributed by atoms with Crippen molar-refractivity contribution in [1.82, 2.24) is 19.9 Å². The minimum absolute atomic E-state index is 0.00107. The predicted octanol–water partition coefficient (Wildman–Crippen LogP) is 3.17. The third-order valence-corrected chi connectivity index (χ3v) is 6.34. The summed E-state index contributed by atoms with van der Waals surface area (Å²) in [6.45, 7) is 1.98. The van der Waals surface area contributed by atoms with Gasteiger partial charge in [0, 0.05) is 55.6 Å². The molecular formula is C24H23ClFN5O2. The number of aliphatic hydroxyl groups is 1. The second-order valence-electron chi connectivity index (χ2n) is 8.17. The molecule has 9 heteroatoms. The smallest absolute Gasteiger partial charge is 0.256 e. The summed E-state index contributed by atoms with van der Waals surface area (Å²) >= 11 is 6.18. The van der Waals surface area contributed by atoms with Crippen LogP contribution in [0.2, 0.25) is 0 Å². The van der Waals surface area contributed by atoms with Gasteiger partial charge in [0.05, 0.1) is 11.1 Å². The zero-order chi connectivity index (χ0) is 22.9. The number of hydrogen-bond acceptors (Lipinski definition) is 5. The Kier molecular flexibility index (Phi) is 5.86. The Morgan fingerprint density at radius 1 is 1.18 bits per heavy atom. The fourth-order valence-electron chi connectivity index (χ4n) is 4.18. The fraction of sp³-hybridized carbons (Fsp3) is 0.292. The van der Waals surface area contributed by atoms with Crippen LogP contribution in [0.25, 0.3) is 17.5 Å². The molecule has 2 aromatic heterocycles. The van der Waals surface area contributed by atoms with Gasteiger partial charge >= 0.3 is 0 Å². The largest absolute Gasteiger partial charge is 0.378 e. The van der Waals surface area contributed by atoms with Crippen molar-refractivity contribution in [2.75, 3.05) is 31.1 Å². The molecule has 2 aliphatic rings. The van der Waals surface area contributed by atoms with Crippen LogP contribution in [0.1, 0.15) is 23.1 Å². The van der Waals surface area contributed by atoms with E-state index in [1.54, 1.807) is 17.2 Å². The topological polar surface area (TPSA) is 85.4 Å². The molecule has 2 N–H and O–H groups in total. The average molecular weight is 468 g/mol. The number of aromatic nitrogens is 3. The Morgan fingerprint density at radius 3 is 2.70 bits per heavy atom. The molecule has 1 fully saturated rings. The highest BCUT2D eigenvalue weighted by Gasteiger charge is 2.29. The number of aromatic amines is 1. The van der Waals surface area contributed by atoms with E-state index in [-0.39, 0.29) is 10.9 Å². The number of benzene rings is 1. The van der Waals surface area contributed by atoms with Crippen molar-refractivity contribution in [2.45, 2.75) is 17.9 Å². The number of piperazine rings is 1. The second-order valence-corrected chi connectivity index (χ2v) is 8.73. The van der Waals surface area contributed by atoms with Gasteiger partial charge in [0.1, 0.15) is 17.5 Å². The number of rotatable bonds is 4. The maximum atomic E-state index is 13.9. The van der Waals surface area contributed by atoms with E-state index in [0.29, 0.717) is 26.2 Å². The number of carbonyl (C=O) groups is 1. The lowest BCUT2D eigenvalue weighted by Gasteiger charge is -2.36. The zero-order valence-electron chi connectivity index (χ0n) is 17.8. The predicted molar refractivity (Wildman–Crippen MR) is 124 cm³/mol. The van der Waals surface area contributed by atoms with E-state index in [9.17, 15) is 14.3 Å². The number of nitrogens with zero attached hydrogens (tertiary/aromatic N) is 4. The van der Waals surface area contributed by atoms with Gasteiger partial charge in [0.2, 0.25) is 0 Å². The summed E-state index contributed by atoms with van der Waals surface area (Å²) in [6.07, 6.45) is 4.87. The minimum Gasteiger partial charge on any atom is -0.378 e. The normalized spacial score (nSPS) is 18.8. The Labute approximate surface area is 195 Å². The van der Waals surface area contributed by atoms with Gasteiger partial charge in [-0.25, -0.2) is 14.4 Å². The molecule has 5 rings (SSSR count). The standard InChI is InChI=1S/C24H23ClFN5O2/c25-16-6-7-19-20(13-16)29-23(28-19)15-5-8-21(27-14-15)30-9-11-31(12-10-30)24(33)22(32)17-3-1-2-4-18(17)26/h1-8,14,16,22,32H,9-13H2,(H,28,29). The monoisotopic (exact) mass is 467 g/mol. The summed E-state index contributed by atoms with van der Waals surface area (Å²) in [5, 5.41) is 10.3. The molecule has 2 unspecified atom stereocenters. The summed E-state index contributed by atoms with van der Waals surface area (Å²) in [5.41, 5.74) is 2.81. The summed E-state index contributed by atoms with van der Waals surface area (Å²) in [4.78, 5) is 28.8. The number of carbonyl (C=O) groups excluding carboxylic acids is 1. The summed E-state index contributed by atoms with van der Waals surface area (Å²) < 4.78 is 13.9. The number of imidazole rings is 1. The zero-order valence-corrected chi connectivity index (χ0v) is 18.5. The Bertz CT molecular complexity index is 1190. The molecule has 7 nitrogen and oxygen atoms in total. The van der Waals surface area contributed by atoms with E-state index >= 15 is 0 Å². The van der Waals surface area contributed by atoms with Crippen LogP contribution in [0, 0.1) is 5.82 Å². The molecular weight excluding hydrogens is 445 g/mol. The van der Waals surface area contributed by atoms with E-state index in [4.69, 9.17) is 11.6 Å². The molecule has 170 valence electrons.